The molecule has 0 amide bonds. The molecular weight excluding hydrogens is 366 g/mol. The van der Waals surface area contributed by atoms with Crippen LogP contribution in [0.5, 0.6) is 0 Å². The maximum atomic E-state index is 9.33. The molecule has 1 unspecified atom stereocenters. The summed E-state index contributed by atoms with van der Waals surface area (Å²) in [5.41, 5.74) is 0. The van der Waals surface area contributed by atoms with E-state index in [0.717, 1.165) is 26.8 Å². The van der Waals surface area contributed by atoms with Crippen molar-refractivity contribution in [2.75, 3.05) is 33.4 Å². The van der Waals surface area contributed by atoms with Gasteiger partial charge in [0.15, 0.2) is 0 Å². The van der Waals surface area contributed by atoms with E-state index in [1.807, 2.05) is 0 Å². The first-order valence-electron chi connectivity index (χ1n) is 10.8. The number of nitrogens with zero attached hydrogens (tertiary/aromatic N) is 1. The van der Waals surface area contributed by atoms with Crippen molar-refractivity contribution in [3.05, 3.63) is 0 Å². The molecule has 1 atom stereocenters. The Labute approximate surface area is 167 Å². The predicted molar refractivity (Wildman–Crippen MR) is 111 cm³/mol. The highest BCUT2D eigenvalue weighted by atomic mass is 32.3. The van der Waals surface area contributed by atoms with Crippen LogP contribution in [0.3, 0.4) is 0 Å². The molecule has 0 spiro atoms. The van der Waals surface area contributed by atoms with Gasteiger partial charge in [0.2, 0.25) is 0 Å². The highest BCUT2D eigenvalue weighted by Crippen LogP contribution is 2.12. The number of unbranched alkanes of at least 4 members (excludes halogenated alkanes) is 11. The zero-order valence-electron chi connectivity index (χ0n) is 17.8. The van der Waals surface area contributed by atoms with Gasteiger partial charge in [0.1, 0.15) is 0 Å². The van der Waals surface area contributed by atoms with Gasteiger partial charge in [0.25, 0.3) is 0 Å². The standard InChI is InChI=1S/C19H39NO.CH4O4S/c1-3-4-5-6-7-8-9-10-11-12-13-14-15-20-16-17-21-19(2)18-20;1-5-6(2,3)4/h19H,3-18H2,1-2H3;1H3,(H,2,3,4). The van der Waals surface area contributed by atoms with Crippen molar-refractivity contribution in [3.8, 4) is 0 Å². The predicted octanol–water partition coefficient (Wildman–Crippen LogP) is 4.84. The van der Waals surface area contributed by atoms with Gasteiger partial charge in [-0.25, -0.2) is 0 Å². The third-order valence-electron chi connectivity index (χ3n) is 4.86. The minimum absolute atomic E-state index is 0.441. The van der Waals surface area contributed by atoms with E-state index in [-0.39, 0.29) is 0 Å². The fourth-order valence-electron chi connectivity index (χ4n) is 3.27. The van der Waals surface area contributed by atoms with Crippen LogP contribution in [0.1, 0.15) is 90.9 Å². The molecule has 0 radical (unpaired) electrons. The molecule has 164 valence electrons. The summed E-state index contributed by atoms with van der Waals surface area (Å²) in [4.78, 5) is 2.57. The molecule has 1 N–H and O–H groups in total. The van der Waals surface area contributed by atoms with Crippen LogP contribution in [0.25, 0.3) is 0 Å². The van der Waals surface area contributed by atoms with E-state index >= 15 is 0 Å². The molecule has 6 nitrogen and oxygen atoms in total. The van der Waals surface area contributed by atoms with Gasteiger partial charge < -0.3 is 4.74 Å². The van der Waals surface area contributed by atoms with Crippen molar-refractivity contribution in [3.63, 3.8) is 0 Å². The lowest BCUT2D eigenvalue weighted by Crippen LogP contribution is -2.41. The fourth-order valence-corrected chi connectivity index (χ4v) is 3.27. The van der Waals surface area contributed by atoms with Gasteiger partial charge in [-0.05, 0) is 19.9 Å². The van der Waals surface area contributed by atoms with Gasteiger partial charge in [-0.1, -0.05) is 77.6 Å². The Morgan fingerprint density at radius 1 is 0.963 bits per heavy atom. The van der Waals surface area contributed by atoms with Crippen LogP contribution in [0.2, 0.25) is 0 Å². The summed E-state index contributed by atoms with van der Waals surface area (Å²) in [6.07, 6.45) is 17.7. The highest BCUT2D eigenvalue weighted by Gasteiger charge is 2.15. The van der Waals surface area contributed by atoms with Gasteiger partial charge in [0, 0.05) is 13.1 Å². The summed E-state index contributed by atoms with van der Waals surface area (Å²) in [5, 5.41) is 0. The Morgan fingerprint density at radius 2 is 1.41 bits per heavy atom. The minimum Gasteiger partial charge on any atom is -0.376 e. The van der Waals surface area contributed by atoms with Gasteiger partial charge in [-0.2, -0.15) is 8.42 Å². The first-order valence-corrected chi connectivity index (χ1v) is 12.1. The molecule has 1 heterocycles. The molecule has 0 bridgehead atoms. The van der Waals surface area contributed by atoms with E-state index < -0.39 is 10.4 Å². The zero-order chi connectivity index (χ0) is 20.4. The van der Waals surface area contributed by atoms with Crippen LogP contribution in [-0.2, 0) is 19.3 Å². The lowest BCUT2D eigenvalue weighted by atomic mass is 10.1. The molecule has 1 aliphatic rings. The van der Waals surface area contributed by atoms with E-state index in [4.69, 9.17) is 9.29 Å². The SMILES string of the molecule is CCCCCCCCCCCCCCN1CCOC(C)C1.COS(=O)(=O)O. The van der Waals surface area contributed by atoms with Crippen molar-refractivity contribution in [2.24, 2.45) is 0 Å². The lowest BCUT2D eigenvalue weighted by Gasteiger charge is -2.30. The lowest BCUT2D eigenvalue weighted by molar-refractivity contribution is -0.0186. The normalized spacial score (nSPS) is 18.1. The van der Waals surface area contributed by atoms with Crippen LogP contribution in [0.4, 0.5) is 0 Å². The monoisotopic (exact) mass is 409 g/mol. The third-order valence-corrected chi connectivity index (χ3v) is 5.28. The molecule has 0 aliphatic carbocycles. The third kappa shape index (κ3) is 20.3. The molecule has 0 aromatic heterocycles. The van der Waals surface area contributed by atoms with Gasteiger partial charge in [-0.15, -0.1) is 0 Å². The fraction of sp³-hybridized carbons (Fsp3) is 1.00. The zero-order valence-corrected chi connectivity index (χ0v) is 18.6. The number of ether oxygens (including phenoxy) is 1. The molecule has 0 aromatic rings. The van der Waals surface area contributed by atoms with Crippen LogP contribution >= 0.6 is 0 Å². The second-order valence-corrected chi connectivity index (χ2v) is 8.65. The summed E-state index contributed by atoms with van der Waals surface area (Å²) in [6.45, 7) is 8.97. The highest BCUT2D eigenvalue weighted by molar-refractivity contribution is 7.80. The van der Waals surface area contributed by atoms with Crippen LogP contribution in [-0.4, -0.2) is 57.3 Å². The van der Waals surface area contributed by atoms with E-state index in [0.29, 0.717) is 6.10 Å². The van der Waals surface area contributed by atoms with Gasteiger partial charge in [0.05, 0.1) is 19.8 Å². The Bertz CT molecular complexity index is 417. The van der Waals surface area contributed by atoms with E-state index in [2.05, 4.69) is 22.9 Å². The molecule has 7 heteroatoms. The number of morpholine rings is 1. The van der Waals surface area contributed by atoms with Crippen LogP contribution in [0, 0.1) is 0 Å². The molecule has 0 saturated carbocycles. The van der Waals surface area contributed by atoms with E-state index in [9.17, 15) is 8.42 Å². The van der Waals surface area contributed by atoms with Crippen molar-refractivity contribution >= 4 is 10.4 Å². The number of hydrogen-bond acceptors (Lipinski definition) is 5. The van der Waals surface area contributed by atoms with E-state index in [1.54, 1.807) is 0 Å². The summed E-state index contributed by atoms with van der Waals surface area (Å²) in [6, 6.07) is 0. The molecule has 0 aromatic carbocycles. The largest absolute Gasteiger partial charge is 0.397 e. The van der Waals surface area contributed by atoms with Crippen molar-refractivity contribution < 1.29 is 21.9 Å². The van der Waals surface area contributed by atoms with Crippen LogP contribution in [0.15, 0.2) is 0 Å². The second kappa shape index (κ2) is 17.9. The molecule has 1 fully saturated rings. The Balaban J connectivity index is 0.000000972. The average molecular weight is 410 g/mol. The van der Waals surface area contributed by atoms with Crippen molar-refractivity contribution in [1.82, 2.24) is 4.90 Å². The molecular formula is C20H43NO5S. The molecule has 1 rings (SSSR count). The van der Waals surface area contributed by atoms with E-state index in [1.165, 1.54) is 83.6 Å². The summed E-state index contributed by atoms with van der Waals surface area (Å²) in [7, 11) is -3.29. The number of rotatable bonds is 14. The summed E-state index contributed by atoms with van der Waals surface area (Å²) in [5.74, 6) is 0. The van der Waals surface area contributed by atoms with Gasteiger partial charge in [-0.3, -0.25) is 13.6 Å². The maximum absolute atomic E-state index is 9.33. The van der Waals surface area contributed by atoms with Crippen LogP contribution < -0.4 is 0 Å². The van der Waals surface area contributed by atoms with Gasteiger partial charge >= 0.3 is 10.4 Å². The Hall–Kier alpha value is -0.210. The number of hydrogen-bond donors (Lipinski definition) is 1. The molecule has 1 saturated heterocycles. The Morgan fingerprint density at radius 3 is 1.81 bits per heavy atom. The minimum atomic E-state index is -4.16. The van der Waals surface area contributed by atoms with Crippen molar-refractivity contribution in [1.29, 1.82) is 0 Å². The molecule has 27 heavy (non-hydrogen) atoms. The first kappa shape index (κ1) is 26.8. The summed E-state index contributed by atoms with van der Waals surface area (Å²) >= 11 is 0. The smallest absolute Gasteiger partial charge is 0.376 e. The Kier molecular flexibility index (Phi) is 17.7. The summed E-state index contributed by atoms with van der Waals surface area (Å²) < 4.78 is 35.3. The van der Waals surface area contributed by atoms with Crippen molar-refractivity contribution in [2.45, 2.75) is 97.0 Å². The maximum Gasteiger partial charge on any atom is 0.397 e. The first-order chi connectivity index (χ1) is 12.9. The molecule has 1 aliphatic heterocycles. The topological polar surface area (TPSA) is 76.1 Å². The quantitative estimate of drug-likeness (QED) is 0.327. The second-order valence-electron chi connectivity index (χ2n) is 7.47. The average Bonchev–Trinajstić information content (AvgIpc) is 2.63.